The lowest BCUT2D eigenvalue weighted by Crippen LogP contribution is -2.41. The van der Waals surface area contributed by atoms with Gasteiger partial charge in [-0.1, -0.05) is 67.4 Å². The molecule has 2 aliphatic rings. The first-order chi connectivity index (χ1) is 15.6. The van der Waals surface area contributed by atoms with Gasteiger partial charge in [0.15, 0.2) is 5.11 Å². The van der Waals surface area contributed by atoms with Crippen molar-refractivity contribution >= 4 is 29.1 Å². The lowest BCUT2D eigenvalue weighted by molar-refractivity contribution is 0.435. The van der Waals surface area contributed by atoms with Gasteiger partial charge in [0, 0.05) is 36.8 Å². The number of aryl methyl sites for hydroxylation is 1. The van der Waals surface area contributed by atoms with Gasteiger partial charge in [0.05, 0.1) is 0 Å². The predicted octanol–water partition coefficient (Wildman–Crippen LogP) is 5.10. The molecular formula is C26H29N5S. The summed E-state index contributed by atoms with van der Waals surface area (Å²) in [6.07, 6.45) is 4.90. The van der Waals surface area contributed by atoms with Crippen molar-refractivity contribution < 1.29 is 0 Å². The predicted molar refractivity (Wildman–Crippen MR) is 134 cm³/mol. The van der Waals surface area contributed by atoms with Crippen molar-refractivity contribution in [1.82, 2.24) is 15.3 Å². The van der Waals surface area contributed by atoms with E-state index in [1.165, 1.54) is 42.4 Å². The van der Waals surface area contributed by atoms with E-state index in [0.717, 1.165) is 31.1 Å². The molecule has 1 aliphatic carbocycles. The summed E-state index contributed by atoms with van der Waals surface area (Å²) in [5.41, 5.74) is 5.19. The van der Waals surface area contributed by atoms with Crippen molar-refractivity contribution in [2.75, 3.05) is 16.8 Å². The third-order valence-electron chi connectivity index (χ3n) is 6.76. The number of nitrogens with zero attached hydrogens (tertiary/aromatic N) is 3. The Balaban J connectivity index is 1.26. The molecule has 2 heterocycles. The van der Waals surface area contributed by atoms with Crippen molar-refractivity contribution in [2.45, 2.75) is 51.1 Å². The fourth-order valence-electron chi connectivity index (χ4n) is 5.07. The number of nitrogens with one attached hydrogen (secondary N) is 2. The van der Waals surface area contributed by atoms with Crippen molar-refractivity contribution in [3.05, 3.63) is 83.0 Å². The molecule has 2 aromatic carbocycles. The van der Waals surface area contributed by atoms with Crippen molar-refractivity contribution in [3.63, 3.8) is 0 Å². The molecule has 0 saturated heterocycles. The maximum absolute atomic E-state index is 5.63. The highest BCUT2D eigenvalue weighted by Gasteiger charge is 2.35. The summed E-state index contributed by atoms with van der Waals surface area (Å²) in [4.78, 5) is 11.6. The largest absolute Gasteiger partial charge is 0.361 e. The fourth-order valence-corrected chi connectivity index (χ4v) is 5.23. The first kappa shape index (κ1) is 20.9. The minimum absolute atomic E-state index is 0.146. The van der Waals surface area contributed by atoms with Crippen LogP contribution in [0.2, 0.25) is 0 Å². The average molecular weight is 444 g/mol. The van der Waals surface area contributed by atoms with Gasteiger partial charge in [-0.25, -0.2) is 4.98 Å². The van der Waals surface area contributed by atoms with Gasteiger partial charge in [0.1, 0.15) is 5.82 Å². The summed E-state index contributed by atoms with van der Waals surface area (Å²) in [5, 5.41) is 7.27. The number of fused-ring (bicyclic) bond motifs is 1. The molecular weight excluding hydrogens is 414 g/mol. The zero-order valence-corrected chi connectivity index (χ0v) is 19.3. The summed E-state index contributed by atoms with van der Waals surface area (Å²) in [6.45, 7) is 4.56. The molecule has 2 N–H and O–H groups in total. The second kappa shape index (κ2) is 8.87. The Morgan fingerprint density at radius 3 is 2.31 bits per heavy atom. The van der Waals surface area contributed by atoms with Gasteiger partial charge in [0.25, 0.3) is 0 Å². The summed E-state index contributed by atoms with van der Waals surface area (Å²) >= 11 is 5.63. The highest BCUT2D eigenvalue weighted by molar-refractivity contribution is 7.80. The van der Waals surface area contributed by atoms with E-state index in [-0.39, 0.29) is 5.41 Å². The van der Waals surface area contributed by atoms with Gasteiger partial charge < -0.3 is 15.5 Å². The summed E-state index contributed by atoms with van der Waals surface area (Å²) in [7, 11) is 0. The van der Waals surface area contributed by atoms with Crippen LogP contribution in [0.25, 0.3) is 0 Å². The highest BCUT2D eigenvalue weighted by Crippen LogP contribution is 2.40. The van der Waals surface area contributed by atoms with Gasteiger partial charge in [-0.3, -0.25) is 0 Å². The van der Waals surface area contributed by atoms with Crippen LogP contribution in [0, 0.1) is 6.92 Å². The van der Waals surface area contributed by atoms with Crippen LogP contribution in [0.1, 0.15) is 48.1 Å². The highest BCUT2D eigenvalue weighted by atomic mass is 32.1. The second-order valence-corrected chi connectivity index (χ2v) is 9.39. The Kier molecular flexibility index (Phi) is 5.79. The third-order valence-corrected chi connectivity index (χ3v) is 7.01. The minimum Gasteiger partial charge on any atom is -0.361 e. The van der Waals surface area contributed by atoms with E-state index in [0.29, 0.717) is 11.1 Å². The van der Waals surface area contributed by atoms with Crippen molar-refractivity contribution in [2.24, 2.45) is 0 Å². The number of hydrogen-bond donors (Lipinski definition) is 2. The van der Waals surface area contributed by atoms with Crippen LogP contribution in [-0.2, 0) is 18.5 Å². The fraction of sp³-hybridized carbons (Fsp3) is 0.346. The third kappa shape index (κ3) is 4.32. The Bertz CT molecular complexity index is 1080. The zero-order valence-electron chi connectivity index (χ0n) is 18.5. The smallest absolute Gasteiger partial charge is 0.231 e. The number of anilines is 2. The Labute approximate surface area is 195 Å². The number of aromatic nitrogens is 2. The topological polar surface area (TPSA) is 53.1 Å². The van der Waals surface area contributed by atoms with Gasteiger partial charge in [-0.05, 0) is 48.7 Å². The zero-order chi connectivity index (χ0) is 22.0. The van der Waals surface area contributed by atoms with Crippen molar-refractivity contribution in [3.8, 4) is 0 Å². The van der Waals surface area contributed by atoms with Crippen LogP contribution in [0.15, 0.2) is 60.7 Å². The standard InChI is InChI=1S/C26H29N5S/c1-19-15-23(31-16-20-9-5-6-10-21(20)17-31)29-24(28-19)30-25(32)27-18-26(13-7-8-14-26)22-11-3-2-4-12-22/h2-6,9-12,15H,7-8,13-14,16-18H2,1H3,(H2,27,28,29,30,32). The SMILES string of the molecule is Cc1cc(N2Cc3ccccc3C2)nc(NC(=S)NCC2(c3ccccc3)CCCC2)n1. The molecule has 0 bridgehead atoms. The summed E-state index contributed by atoms with van der Waals surface area (Å²) in [5.74, 6) is 1.48. The molecule has 1 aromatic heterocycles. The first-order valence-corrected chi connectivity index (χ1v) is 11.8. The Morgan fingerprint density at radius 2 is 1.62 bits per heavy atom. The molecule has 0 atom stereocenters. The van der Waals surface area contributed by atoms with E-state index in [9.17, 15) is 0 Å². The number of rotatable bonds is 5. The monoisotopic (exact) mass is 443 g/mol. The molecule has 6 heteroatoms. The van der Waals surface area contributed by atoms with Crippen molar-refractivity contribution in [1.29, 1.82) is 0 Å². The normalized spacial score (nSPS) is 16.6. The first-order valence-electron chi connectivity index (χ1n) is 11.4. The van der Waals surface area contributed by atoms with Gasteiger partial charge >= 0.3 is 0 Å². The molecule has 5 nitrogen and oxygen atoms in total. The molecule has 32 heavy (non-hydrogen) atoms. The molecule has 1 aliphatic heterocycles. The molecule has 1 saturated carbocycles. The van der Waals surface area contributed by atoms with E-state index in [4.69, 9.17) is 17.2 Å². The minimum atomic E-state index is 0.146. The van der Waals surface area contributed by atoms with E-state index >= 15 is 0 Å². The molecule has 3 aromatic rings. The van der Waals surface area contributed by atoms with Crippen LogP contribution in [-0.4, -0.2) is 21.6 Å². The lowest BCUT2D eigenvalue weighted by Gasteiger charge is -2.30. The molecule has 0 spiro atoms. The van der Waals surface area contributed by atoms with E-state index < -0.39 is 0 Å². The van der Waals surface area contributed by atoms with Crippen LogP contribution < -0.4 is 15.5 Å². The maximum Gasteiger partial charge on any atom is 0.231 e. The molecule has 0 amide bonds. The molecule has 164 valence electrons. The number of benzene rings is 2. The summed E-state index contributed by atoms with van der Waals surface area (Å²) in [6, 6.07) is 21.4. The van der Waals surface area contributed by atoms with Gasteiger partial charge in [-0.15, -0.1) is 0 Å². The van der Waals surface area contributed by atoms with Gasteiger partial charge in [0.2, 0.25) is 5.95 Å². The van der Waals surface area contributed by atoms with E-state index in [1.54, 1.807) is 0 Å². The maximum atomic E-state index is 5.63. The Hall–Kier alpha value is -2.99. The van der Waals surface area contributed by atoms with Gasteiger partial charge in [-0.2, -0.15) is 4.98 Å². The number of thiocarbonyl (C=S) groups is 1. The summed E-state index contributed by atoms with van der Waals surface area (Å²) < 4.78 is 0. The Morgan fingerprint density at radius 1 is 0.969 bits per heavy atom. The quantitative estimate of drug-likeness (QED) is 0.535. The average Bonchev–Trinajstić information content (AvgIpc) is 3.46. The lowest BCUT2D eigenvalue weighted by atomic mass is 9.79. The number of hydrogen-bond acceptors (Lipinski definition) is 4. The van der Waals surface area contributed by atoms with Crippen LogP contribution in [0.5, 0.6) is 0 Å². The second-order valence-electron chi connectivity index (χ2n) is 8.98. The molecule has 0 unspecified atom stereocenters. The molecule has 5 rings (SSSR count). The van der Waals surface area contributed by atoms with Crippen LogP contribution in [0.3, 0.4) is 0 Å². The van der Waals surface area contributed by atoms with E-state index in [1.807, 2.05) is 13.0 Å². The van der Waals surface area contributed by atoms with Crippen LogP contribution >= 0.6 is 12.2 Å². The molecule has 0 radical (unpaired) electrons. The molecule has 1 fully saturated rings. The van der Waals surface area contributed by atoms with E-state index in [2.05, 4.69) is 75.1 Å². The van der Waals surface area contributed by atoms with Crippen LogP contribution in [0.4, 0.5) is 11.8 Å².